The number of aromatic nitrogens is 4. The molecule has 1 fully saturated rings. The van der Waals surface area contributed by atoms with E-state index in [4.69, 9.17) is 0 Å². The Morgan fingerprint density at radius 2 is 1.85 bits per heavy atom. The normalized spacial score (nSPS) is 15.6. The van der Waals surface area contributed by atoms with Crippen LogP contribution in [0, 0.1) is 5.82 Å². The van der Waals surface area contributed by atoms with Gasteiger partial charge >= 0.3 is 0 Å². The first-order valence-electron chi connectivity index (χ1n) is 11.1. The Bertz CT molecular complexity index is 1420. The van der Waals surface area contributed by atoms with Gasteiger partial charge in [-0.15, -0.1) is 0 Å². The third kappa shape index (κ3) is 3.99. The molecule has 1 saturated heterocycles. The van der Waals surface area contributed by atoms with Gasteiger partial charge in [0.2, 0.25) is 0 Å². The molecule has 0 atom stereocenters. The number of halogens is 1. The fraction of sp³-hybridized carbons (Fsp3) is 0.280. The molecule has 5 rings (SSSR count). The maximum atomic E-state index is 14.8. The third-order valence-corrected chi connectivity index (χ3v) is 6.47. The first-order valence-corrected chi connectivity index (χ1v) is 11.1. The molecule has 0 aliphatic carbocycles. The van der Waals surface area contributed by atoms with Crippen molar-refractivity contribution in [3.63, 3.8) is 0 Å². The smallest absolute Gasteiger partial charge is 0.264 e. The van der Waals surface area contributed by atoms with Crippen molar-refractivity contribution in [1.82, 2.24) is 24.2 Å². The van der Waals surface area contributed by atoms with E-state index >= 15 is 0 Å². The molecule has 3 heterocycles. The number of carbonyl (C=O) groups excluding carboxylic acids is 1. The van der Waals surface area contributed by atoms with E-state index in [-0.39, 0.29) is 43.6 Å². The van der Waals surface area contributed by atoms with E-state index < -0.39 is 17.3 Å². The Kier molecular flexibility index (Phi) is 5.49. The van der Waals surface area contributed by atoms with Crippen LogP contribution in [0.1, 0.15) is 23.2 Å². The van der Waals surface area contributed by atoms with Crippen molar-refractivity contribution in [1.29, 1.82) is 0 Å². The predicted octanol–water partition coefficient (Wildman–Crippen LogP) is 2.60. The molecule has 174 valence electrons. The quantitative estimate of drug-likeness (QED) is 0.504. The van der Waals surface area contributed by atoms with Crippen LogP contribution in [0.3, 0.4) is 0 Å². The zero-order valence-corrected chi connectivity index (χ0v) is 18.7. The van der Waals surface area contributed by atoms with Crippen LogP contribution in [0.4, 0.5) is 4.39 Å². The van der Waals surface area contributed by atoms with Crippen LogP contribution < -0.4 is 5.56 Å². The van der Waals surface area contributed by atoms with Gasteiger partial charge in [0.25, 0.3) is 11.5 Å². The fourth-order valence-corrected chi connectivity index (χ4v) is 4.45. The molecule has 8 nitrogen and oxygen atoms in total. The highest BCUT2D eigenvalue weighted by Crippen LogP contribution is 2.27. The molecule has 1 aliphatic heterocycles. The van der Waals surface area contributed by atoms with E-state index in [2.05, 4.69) is 10.1 Å². The highest BCUT2D eigenvalue weighted by Gasteiger charge is 2.35. The number of rotatable bonds is 4. The summed E-state index contributed by atoms with van der Waals surface area (Å²) in [5.41, 5.74) is 0.616. The van der Waals surface area contributed by atoms with Gasteiger partial charge in [-0.3, -0.25) is 18.8 Å². The van der Waals surface area contributed by atoms with Crippen LogP contribution in [0.2, 0.25) is 0 Å². The van der Waals surface area contributed by atoms with Crippen LogP contribution in [0.15, 0.2) is 65.8 Å². The minimum atomic E-state index is -1.17. The van der Waals surface area contributed by atoms with Gasteiger partial charge in [-0.1, -0.05) is 36.4 Å². The third-order valence-electron chi connectivity index (χ3n) is 6.47. The number of hydrogen-bond acceptors (Lipinski definition) is 5. The highest BCUT2D eigenvalue weighted by atomic mass is 19.1. The largest absolute Gasteiger partial charge is 0.388 e. The second-order valence-electron chi connectivity index (χ2n) is 8.76. The van der Waals surface area contributed by atoms with Gasteiger partial charge in [-0.25, -0.2) is 9.37 Å². The number of aryl methyl sites for hydroxylation is 1. The van der Waals surface area contributed by atoms with Gasteiger partial charge in [0.05, 0.1) is 23.9 Å². The molecule has 4 aromatic rings. The first-order chi connectivity index (χ1) is 16.3. The lowest BCUT2D eigenvalue weighted by Crippen LogP contribution is -2.49. The zero-order chi connectivity index (χ0) is 23.9. The van der Waals surface area contributed by atoms with Crippen molar-refractivity contribution >= 4 is 16.9 Å². The van der Waals surface area contributed by atoms with Crippen LogP contribution in [-0.4, -0.2) is 53.9 Å². The number of nitrogens with zero attached hydrogens (tertiary/aromatic N) is 5. The molecular weight excluding hydrogens is 437 g/mol. The fourth-order valence-electron chi connectivity index (χ4n) is 4.45. The number of aliphatic hydroxyl groups is 1. The minimum Gasteiger partial charge on any atom is -0.388 e. The Balaban J connectivity index is 1.28. The number of fused-ring (bicyclic) bond motifs is 1. The lowest BCUT2D eigenvalue weighted by atomic mass is 9.90. The zero-order valence-electron chi connectivity index (χ0n) is 18.7. The maximum Gasteiger partial charge on any atom is 0.264 e. The number of hydrogen-bond donors (Lipinski definition) is 1. The van der Waals surface area contributed by atoms with Gasteiger partial charge < -0.3 is 10.0 Å². The standard InChI is InChI=1S/C25H24FN5O3/c1-29-22-20(14-28-29)24(33)31(16-27-22)15-25(34)9-11-30(12-10-25)23(32)19-8-7-18(13-21(19)26)17-5-3-2-4-6-17/h2-8,13-14,16,34H,9-12,15H2,1H3. The summed E-state index contributed by atoms with van der Waals surface area (Å²) in [6.45, 7) is 0.574. The van der Waals surface area contributed by atoms with Gasteiger partial charge in [-0.2, -0.15) is 5.10 Å². The molecule has 9 heteroatoms. The number of piperidine rings is 1. The number of benzene rings is 2. The van der Waals surface area contributed by atoms with E-state index in [1.807, 2.05) is 30.3 Å². The Labute approximate surface area is 194 Å². The number of likely N-dealkylation sites (tertiary alicyclic amines) is 1. The summed E-state index contributed by atoms with van der Waals surface area (Å²) in [6.07, 6.45) is 3.40. The molecule has 0 radical (unpaired) electrons. The summed E-state index contributed by atoms with van der Waals surface area (Å²) in [5, 5.41) is 15.5. The van der Waals surface area contributed by atoms with Crippen molar-refractivity contribution in [2.45, 2.75) is 25.0 Å². The molecule has 2 aromatic heterocycles. The molecule has 0 saturated carbocycles. The second-order valence-corrected chi connectivity index (χ2v) is 8.76. The van der Waals surface area contributed by atoms with E-state index in [0.717, 1.165) is 5.56 Å². The van der Waals surface area contributed by atoms with E-state index in [0.29, 0.717) is 16.6 Å². The average Bonchev–Trinajstić information content (AvgIpc) is 3.23. The van der Waals surface area contributed by atoms with Crippen LogP contribution in [0.25, 0.3) is 22.2 Å². The van der Waals surface area contributed by atoms with E-state index in [1.54, 1.807) is 18.0 Å². The summed E-state index contributed by atoms with van der Waals surface area (Å²) in [4.78, 5) is 31.5. The van der Waals surface area contributed by atoms with Crippen LogP contribution >= 0.6 is 0 Å². The Morgan fingerprint density at radius 3 is 2.56 bits per heavy atom. The van der Waals surface area contributed by atoms with Crippen molar-refractivity contribution < 1.29 is 14.3 Å². The number of carbonyl (C=O) groups is 1. The van der Waals surface area contributed by atoms with Crippen molar-refractivity contribution in [2.75, 3.05) is 13.1 Å². The topological polar surface area (TPSA) is 93.2 Å². The monoisotopic (exact) mass is 461 g/mol. The summed E-state index contributed by atoms with van der Waals surface area (Å²) in [7, 11) is 1.71. The van der Waals surface area contributed by atoms with Crippen molar-refractivity contribution in [3.8, 4) is 11.1 Å². The molecule has 0 bridgehead atoms. The molecule has 1 aliphatic rings. The summed E-state index contributed by atoms with van der Waals surface area (Å²) < 4.78 is 17.7. The Morgan fingerprint density at radius 1 is 1.12 bits per heavy atom. The van der Waals surface area contributed by atoms with Gasteiger partial charge in [0.1, 0.15) is 17.5 Å². The molecule has 0 unspecified atom stereocenters. The second kappa shape index (κ2) is 8.49. The van der Waals surface area contributed by atoms with Gasteiger partial charge in [-0.05, 0) is 36.1 Å². The summed E-state index contributed by atoms with van der Waals surface area (Å²) in [6, 6.07) is 14.0. The predicted molar refractivity (Wildman–Crippen MR) is 125 cm³/mol. The number of amides is 1. The molecule has 34 heavy (non-hydrogen) atoms. The Hall–Kier alpha value is -3.85. The van der Waals surface area contributed by atoms with Crippen molar-refractivity contribution in [3.05, 3.63) is 82.8 Å². The minimum absolute atomic E-state index is 0.00701. The molecule has 1 N–H and O–H groups in total. The molecule has 0 spiro atoms. The van der Waals surface area contributed by atoms with Crippen LogP contribution in [0.5, 0.6) is 0 Å². The maximum absolute atomic E-state index is 14.8. The van der Waals surface area contributed by atoms with Gasteiger partial charge in [0, 0.05) is 20.1 Å². The molecule has 2 aromatic carbocycles. The SMILES string of the molecule is Cn1ncc2c(=O)n(CC3(O)CCN(C(=O)c4ccc(-c5ccccc5)cc4F)CC3)cnc21. The first kappa shape index (κ1) is 22.0. The highest BCUT2D eigenvalue weighted by molar-refractivity contribution is 5.95. The van der Waals surface area contributed by atoms with E-state index in [1.165, 1.54) is 33.9 Å². The summed E-state index contributed by atoms with van der Waals surface area (Å²) in [5.74, 6) is -0.982. The van der Waals surface area contributed by atoms with Crippen molar-refractivity contribution in [2.24, 2.45) is 7.05 Å². The lowest BCUT2D eigenvalue weighted by molar-refractivity contribution is -0.0300. The van der Waals surface area contributed by atoms with Gasteiger partial charge in [0.15, 0.2) is 5.65 Å². The van der Waals surface area contributed by atoms with Crippen LogP contribution in [-0.2, 0) is 13.6 Å². The van der Waals surface area contributed by atoms with E-state index in [9.17, 15) is 19.1 Å². The average molecular weight is 461 g/mol. The lowest BCUT2D eigenvalue weighted by Gasteiger charge is -2.38. The molecule has 1 amide bonds. The molecular formula is C25H24FN5O3. The summed E-state index contributed by atoms with van der Waals surface area (Å²) >= 11 is 0.